The van der Waals surface area contributed by atoms with Crippen LogP contribution < -0.4 is 5.73 Å². The Morgan fingerprint density at radius 1 is 1.67 bits per heavy atom. The van der Waals surface area contributed by atoms with Crippen LogP contribution in [-0.2, 0) is 0 Å². The number of hydrogen-bond acceptors (Lipinski definition) is 3. The van der Waals surface area contributed by atoms with E-state index in [1.807, 2.05) is 11.8 Å². The van der Waals surface area contributed by atoms with Crippen LogP contribution in [0.5, 0.6) is 0 Å². The maximum absolute atomic E-state index is 9.92. The first-order valence-corrected chi connectivity index (χ1v) is 5.91. The molecule has 72 valence electrons. The molecule has 3 unspecified atom stereocenters. The number of hydrogen-bond donors (Lipinski definition) is 2. The minimum atomic E-state index is -0.157. The maximum Gasteiger partial charge on any atom is 0.0616 e. The first-order valence-electron chi connectivity index (χ1n) is 4.75. The molecule has 1 rings (SSSR count). The van der Waals surface area contributed by atoms with Gasteiger partial charge in [-0.2, -0.15) is 11.8 Å². The second-order valence-electron chi connectivity index (χ2n) is 3.52. The fourth-order valence-corrected chi connectivity index (χ4v) is 3.06. The third-order valence-corrected chi connectivity index (χ3v) is 3.95. The lowest BCUT2D eigenvalue weighted by molar-refractivity contribution is 0.0619. The van der Waals surface area contributed by atoms with Gasteiger partial charge in [0.05, 0.1) is 6.10 Å². The molecule has 2 nitrogen and oxygen atoms in total. The first-order chi connectivity index (χ1) is 5.79. The number of aliphatic hydroxyl groups excluding tert-OH is 1. The fraction of sp³-hybridized carbons (Fsp3) is 1.00. The third kappa shape index (κ3) is 2.38. The Hall–Kier alpha value is 0.270. The SMILES string of the molecule is CCC(CN)C(O)C1CCSC1. The second-order valence-corrected chi connectivity index (χ2v) is 4.67. The van der Waals surface area contributed by atoms with Crippen LogP contribution >= 0.6 is 11.8 Å². The Labute approximate surface area is 78.9 Å². The topological polar surface area (TPSA) is 46.2 Å². The zero-order valence-electron chi connectivity index (χ0n) is 7.70. The molecule has 0 radical (unpaired) electrons. The summed E-state index contributed by atoms with van der Waals surface area (Å²) in [5, 5.41) is 9.92. The molecule has 12 heavy (non-hydrogen) atoms. The number of rotatable bonds is 4. The molecule has 0 aromatic carbocycles. The lowest BCUT2D eigenvalue weighted by atomic mass is 9.89. The average molecular weight is 189 g/mol. The lowest BCUT2D eigenvalue weighted by Gasteiger charge is -2.24. The highest BCUT2D eigenvalue weighted by atomic mass is 32.2. The Morgan fingerprint density at radius 2 is 2.42 bits per heavy atom. The lowest BCUT2D eigenvalue weighted by Crippen LogP contribution is -2.33. The van der Waals surface area contributed by atoms with Crippen molar-refractivity contribution in [3.05, 3.63) is 0 Å². The van der Waals surface area contributed by atoms with E-state index in [2.05, 4.69) is 6.92 Å². The van der Waals surface area contributed by atoms with Gasteiger partial charge in [-0.05, 0) is 42.7 Å². The molecule has 1 aliphatic heterocycles. The largest absolute Gasteiger partial charge is 0.392 e. The van der Waals surface area contributed by atoms with Gasteiger partial charge in [0.25, 0.3) is 0 Å². The van der Waals surface area contributed by atoms with E-state index in [9.17, 15) is 5.11 Å². The molecular formula is C9H19NOS. The van der Waals surface area contributed by atoms with E-state index in [1.54, 1.807) is 0 Å². The molecule has 3 atom stereocenters. The fourth-order valence-electron chi connectivity index (χ4n) is 1.75. The summed E-state index contributed by atoms with van der Waals surface area (Å²) in [7, 11) is 0. The van der Waals surface area contributed by atoms with Crippen LogP contribution in [0.15, 0.2) is 0 Å². The summed E-state index contributed by atoms with van der Waals surface area (Å²) in [4.78, 5) is 0. The third-order valence-electron chi connectivity index (χ3n) is 2.76. The molecule has 0 amide bonds. The molecule has 0 bridgehead atoms. The van der Waals surface area contributed by atoms with E-state index in [-0.39, 0.29) is 6.10 Å². The van der Waals surface area contributed by atoms with Crippen LogP contribution in [0.2, 0.25) is 0 Å². The van der Waals surface area contributed by atoms with Crippen molar-refractivity contribution in [3.63, 3.8) is 0 Å². The number of aliphatic hydroxyl groups is 1. The van der Waals surface area contributed by atoms with Gasteiger partial charge in [0.15, 0.2) is 0 Å². The van der Waals surface area contributed by atoms with Gasteiger partial charge in [0.1, 0.15) is 0 Å². The van der Waals surface area contributed by atoms with Crippen LogP contribution in [-0.4, -0.2) is 29.3 Å². The summed E-state index contributed by atoms with van der Waals surface area (Å²) in [6.45, 7) is 2.72. The van der Waals surface area contributed by atoms with Gasteiger partial charge in [-0.25, -0.2) is 0 Å². The van der Waals surface area contributed by atoms with Crippen LogP contribution in [0, 0.1) is 11.8 Å². The smallest absolute Gasteiger partial charge is 0.0616 e. The Kier molecular flexibility index (Phi) is 4.40. The molecule has 0 aromatic heterocycles. The highest BCUT2D eigenvalue weighted by Gasteiger charge is 2.28. The predicted molar refractivity (Wildman–Crippen MR) is 54.3 cm³/mol. The van der Waals surface area contributed by atoms with E-state index in [4.69, 9.17) is 5.73 Å². The van der Waals surface area contributed by atoms with E-state index in [0.717, 1.165) is 12.2 Å². The molecule has 1 saturated heterocycles. The van der Waals surface area contributed by atoms with Gasteiger partial charge >= 0.3 is 0 Å². The Bertz CT molecular complexity index is 120. The Morgan fingerprint density at radius 3 is 2.83 bits per heavy atom. The molecule has 1 fully saturated rings. The minimum Gasteiger partial charge on any atom is -0.392 e. The van der Waals surface area contributed by atoms with Crippen molar-refractivity contribution in [1.82, 2.24) is 0 Å². The average Bonchev–Trinajstić information content (AvgIpc) is 2.58. The maximum atomic E-state index is 9.92. The molecule has 1 aliphatic rings. The van der Waals surface area contributed by atoms with Crippen molar-refractivity contribution >= 4 is 11.8 Å². The summed E-state index contributed by atoms with van der Waals surface area (Å²) >= 11 is 1.95. The van der Waals surface area contributed by atoms with E-state index in [0.29, 0.717) is 18.4 Å². The second kappa shape index (κ2) is 5.10. The number of thioether (sulfide) groups is 1. The summed E-state index contributed by atoms with van der Waals surface area (Å²) < 4.78 is 0. The van der Waals surface area contributed by atoms with Crippen molar-refractivity contribution in [2.75, 3.05) is 18.1 Å². The molecule has 0 aromatic rings. The first kappa shape index (κ1) is 10.4. The monoisotopic (exact) mass is 189 g/mol. The van der Waals surface area contributed by atoms with Crippen molar-refractivity contribution in [2.45, 2.75) is 25.9 Å². The van der Waals surface area contributed by atoms with Gasteiger partial charge < -0.3 is 10.8 Å². The van der Waals surface area contributed by atoms with Gasteiger partial charge in [-0.1, -0.05) is 6.92 Å². The summed E-state index contributed by atoms with van der Waals surface area (Å²) in [6.07, 6.45) is 2.01. The quantitative estimate of drug-likeness (QED) is 0.696. The standard InChI is InChI=1S/C9H19NOS/c1-2-7(5-10)9(11)8-3-4-12-6-8/h7-9,11H,2-6,10H2,1H3. The number of nitrogens with two attached hydrogens (primary N) is 1. The molecular weight excluding hydrogens is 170 g/mol. The molecule has 3 heteroatoms. The predicted octanol–water partition coefficient (Wildman–Crippen LogP) is 1.09. The highest BCUT2D eigenvalue weighted by Crippen LogP contribution is 2.29. The van der Waals surface area contributed by atoms with Crippen LogP contribution in [0.3, 0.4) is 0 Å². The molecule has 0 aliphatic carbocycles. The van der Waals surface area contributed by atoms with Crippen molar-refractivity contribution in [2.24, 2.45) is 17.6 Å². The van der Waals surface area contributed by atoms with E-state index >= 15 is 0 Å². The van der Waals surface area contributed by atoms with Gasteiger partial charge in [-0.15, -0.1) is 0 Å². The van der Waals surface area contributed by atoms with Gasteiger partial charge in [0.2, 0.25) is 0 Å². The highest BCUT2D eigenvalue weighted by molar-refractivity contribution is 7.99. The van der Waals surface area contributed by atoms with Crippen molar-refractivity contribution in [3.8, 4) is 0 Å². The molecule has 1 heterocycles. The van der Waals surface area contributed by atoms with Gasteiger partial charge in [-0.3, -0.25) is 0 Å². The van der Waals surface area contributed by atoms with Crippen LogP contribution in [0.1, 0.15) is 19.8 Å². The van der Waals surface area contributed by atoms with Crippen LogP contribution in [0.4, 0.5) is 0 Å². The van der Waals surface area contributed by atoms with Crippen molar-refractivity contribution < 1.29 is 5.11 Å². The Balaban J connectivity index is 2.37. The minimum absolute atomic E-state index is 0.157. The summed E-state index contributed by atoms with van der Waals surface area (Å²) in [6, 6.07) is 0. The van der Waals surface area contributed by atoms with Crippen LogP contribution in [0.25, 0.3) is 0 Å². The normalized spacial score (nSPS) is 28.8. The zero-order chi connectivity index (χ0) is 8.97. The molecule has 3 N–H and O–H groups in total. The van der Waals surface area contributed by atoms with Crippen molar-refractivity contribution in [1.29, 1.82) is 0 Å². The molecule has 0 saturated carbocycles. The summed E-state index contributed by atoms with van der Waals surface area (Å²) in [5.74, 6) is 3.15. The van der Waals surface area contributed by atoms with E-state index in [1.165, 1.54) is 12.2 Å². The summed E-state index contributed by atoms with van der Waals surface area (Å²) in [5.41, 5.74) is 5.59. The molecule has 0 spiro atoms. The van der Waals surface area contributed by atoms with E-state index < -0.39 is 0 Å². The zero-order valence-corrected chi connectivity index (χ0v) is 8.52. The van der Waals surface area contributed by atoms with Gasteiger partial charge in [0, 0.05) is 0 Å².